The van der Waals surface area contributed by atoms with E-state index in [0.717, 1.165) is 23.0 Å². The maximum atomic E-state index is 12.3. The van der Waals surface area contributed by atoms with Gasteiger partial charge in [-0.3, -0.25) is 4.79 Å². The predicted octanol–water partition coefficient (Wildman–Crippen LogP) is 4.29. The maximum Gasteiger partial charge on any atom is 0.193 e. The Hall–Kier alpha value is -1.89. The molecule has 0 aromatic heterocycles. The fourth-order valence-electron chi connectivity index (χ4n) is 2.88. The van der Waals surface area contributed by atoms with E-state index < -0.39 is 0 Å². The minimum Gasteiger partial charge on any atom is -0.289 e. The quantitative estimate of drug-likeness (QED) is 0.743. The van der Waals surface area contributed by atoms with Gasteiger partial charge in [-0.15, -0.1) is 0 Å². The Morgan fingerprint density at radius 1 is 0.789 bits per heavy atom. The van der Waals surface area contributed by atoms with Crippen molar-refractivity contribution in [3.63, 3.8) is 0 Å². The van der Waals surface area contributed by atoms with E-state index in [9.17, 15) is 4.79 Å². The van der Waals surface area contributed by atoms with E-state index >= 15 is 0 Å². The summed E-state index contributed by atoms with van der Waals surface area (Å²) in [6.45, 7) is 4.58. The van der Waals surface area contributed by atoms with Crippen LogP contribution in [-0.2, 0) is 0 Å². The van der Waals surface area contributed by atoms with Gasteiger partial charge in [0.1, 0.15) is 0 Å². The van der Waals surface area contributed by atoms with Crippen LogP contribution >= 0.6 is 0 Å². The van der Waals surface area contributed by atoms with Gasteiger partial charge in [-0.05, 0) is 23.3 Å². The Bertz CT molecular complexity index is 575. The van der Waals surface area contributed by atoms with Gasteiger partial charge in [-0.2, -0.15) is 0 Å². The Morgan fingerprint density at radius 3 is 1.84 bits per heavy atom. The molecule has 0 unspecified atom stereocenters. The van der Waals surface area contributed by atoms with Gasteiger partial charge in [-0.1, -0.05) is 68.4 Å². The normalized spacial score (nSPS) is 25.1. The van der Waals surface area contributed by atoms with Crippen molar-refractivity contribution in [1.29, 1.82) is 0 Å². The van der Waals surface area contributed by atoms with Gasteiger partial charge in [0.25, 0.3) is 0 Å². The zero-order valence-corrected chi connectivity index (χ0v) is 11.3. The first-order chi connectivity index (χ1) is 9.18. The molecular formula is C18H18O. The molecule has 1 fully saturated rings. The van der Waals surface area contributed by atoms with Crippen LogP contribution in [-0.4, -0.2) is 5.78 Å². The molecule has 19 heavy (non-hydrogen) atoms. The van der Waals surface area contributed by atoms with Crippen LogP contribution in [0.4, 0.5) is 0 Å². The summed E-state index contributed by atoms with van der Waals surface area (Å²) in [5.74, 6) is 2.33. The van der Waals surface area contributed by atoms with E-state index in [4.69, 9.17) is 0 Å². The first kappa shape index (κ1) is 12.2. The summed E-state index contributed by atoms with van der Waals surface area (Å²) in [5.41, 5.74) is 2.89. The second kappa shape index (κ2) is 4.65. The maximum absolute atomic E-state index is 12.3. The van der Waals surface area contributed by atoms with Crippen LogP contribution in [0, 0.1) is 11.8 Å². The Morgan fingerprint density at radius 2 is 1.32 bits per heavy atom. The van der Waals surface area contributed by atoms with Crippen molar-refractivity contribution >= 4 is 5.78 Å². The topological polar surface area (TPSA) is 17.1 Å². The Balaban J connectivity index is 1.82. The van der Waals surface area contributed by atoms with Crippen LogP contribution in [0.1, 0.15) is 41.3 Å². The van der Waals surface area contributed by atoms with Gasteiger partial charge in [0.2, 0.25) is 0 Å². The SMILES string of the molecule is C[C@H]1C(c2ccc(C(=O)c3ccccc3)cc2)[C@@H]1C. The van der Waals surface area contributed by atoms with Crippen LogP contribution in [0.3, 0.4) is 0 Å². The fraction of sp³-hybridized carbons (Fsp3) is 0.278. The summed E-state index contributed by atoms with van der Waals surface area (Å²) < 4.78 is 0. The average molecular weight is 250 g/mol. The van der Waals surface area contributed by atoms with E-state index in [-0.39, 0.29) is 5.78 Å². The third-order valence-electron chi connectivity index (χ3n) is 4.42. The van der Waals surface area contributed by atoms with Crippen molar-refractivity contribution in [2.24, 2.45) is 11.8 Å². The average Bonchev–Trinajstić information content (AvgIpc) is 3.06. The van der Waals surface area contributed by atoms with Crippen molar-refractivity contribution in [3.8, 4) is 0 Å². The zero-order valence-electron chi connectivity index (χ0n) is 11.3. The number of ketones is 1. The molecule has 1 aliphatic carbocycles. The number of rotatable bonds is 3. The molecule has 0 amide bonds. The van der Waals surface area contributed by atoms with E-state index in [1.54, 1.807) is 0 Å². The van der Waals surface area contributed by atoms with Crippen molar-refractivity contribution in [3.05, 3.63) is 71.3 Å². The summed E-state index contributed by atoms with van der Waals surface area (Å²) in [7, 11) is 0. The highest BCUT2D eigenvalue weighted by Crippen LogP contribution is 2.53. The molecule has 0 bridgehead atoms. The third kappa shape index (κ3) is 2.21. The van der Waals surface area contributed by atoms with Crippen LogP contribution in [0.25, 0.3) is 0 Å². The Kier molecular flexibility index (Phi) is 2.98. The number of hydrogen-bond acceptors (Lipinski definition) is 1. The van der Waals surface area contributed by atoms with Gasteiger partial charge in [0, 0.05) is 11.1 Å². The van der Waals surface area contributed by atoms with E-state index in [0.29, 0.717) is 5.92 Å². The van der Waals surface area contributed by atoms with Crippen LogP contribution < -0.4 is 0 Å². The lowest BCUT2D eigenvalue weighted by Crippen LogP contribution is -2.00. The molecule has 0 heterocycles. The van der Waals surface area contributed by atoms with Gasteiger partial charge >= 0.3 is 0 Å². The number of carbonyl (C=O) groups is 1. The molecule has 0 N–H and O–H groups in total. The predicted molar refractivity (Wildman–Crippen MR) is 77.4 cm³/mol. The molecule has 1 heteroatoms. The molecule has 0 radical (unpaired) electrons. The highest BCUT2D eigenvalue weighted by atomic mass is 16.1. The number of carbonyl (C=O) groups excluding carboxylic acids is 1. The summed E-state index contributed by atoms with van der Waals surface area (Å²) in [6, 6.07) is 17.6. The molecule has 2 aromatic carbocycles. The van der Waals surface area contributed by atoms with Crippen LogP contribution in [0.5, 0.6) is 0 Å². The summed E-state index contributed by atoms with van der Waals surface area (Å²) in [4.78, 5) is 12.3. The molecule has 0 saturated heterocycles. The van der Waals surface area contributed by atoms with Crippen LogP contribution in [0.15, 0.2) is 54.6 Å². The van der Waals surface area contributed by atoms with E-state index in [1.165, 1.54) is 5.56 Å². The molecule has 96 valence electrons. The van der Waals surface area contributed by atoms with Crippen molar-refractivity contribution in [2.45, 2.75) is 19.8 Å². The lowest BCUT2D eigenvalue weighted by atomic mass is 10.0. The summed E-state index contributed by atoms with van der Waals surface area (Å²) >= 11 is 0. The van der Waals surface area contributed by atoms with Crippen molar-refractivity contribution in [2.75, 3.05) is 0 Å². The number of benzene rings is 2. The van der Waals surface area contributed by atoms with Crippen molar-refractivity contribution < 1.29 is 4.79 Å². The first-order valence-corrected chi connectivity index (χ1v) is 6.88. The van der Waals surface area contributed by atoms with E-state index in [2.05, 4.69) is 26.0 Å². The largest absolute Gasteiger partial charge is 0.289 e. The molecule has 2 aromatic rings. The highest BCUT2D eigenvalue weighted by molar-refractivity contribution is 6.08. The smallest absolute Gasteiger partial charge is 0.193 e. The minimum atomic E-state index is 0.101. The van der Waals surface area contributed by atoms with Crippen LogP contribution in [0.2, 0.25) is 0 Å². The zero-order chi connectivity index (χ0) is 13.4. The molecule has 1 saturated carbocycles. The minimum absolute atomic E-state index is 0.101. The second-order valence-electron chi connectivity index (χ2n) is 5.56. The fourth-order valence-corrected chi connectivity index (χ4v) is 2.88. The lowest BCUT2D eigenvalue weighted by molar-refractivity contribution is 0.103. The van der Waals surface area contributed by atoms with Gasteiger partial charge < -0.3 is 0 Å². The summed E-state index contributed by atoms with van der Waals surface area (Å²) in [6.07, 6.45) is 0. The molecular weight excluding hydrogens is 232 g/mol. The lowest BCUT2D eigenvalue weighted by Gasteiger charge is -2.03. The first-order valence-electron chi connectivity index (χ1n) is 6.88. The van der Waals surface area contributed by atoms with E-state index in [1.807, 2.05) is 42.5 Å². The molecule has 1 aliphatic rings. The molecule has 3 rings (SSSR count). The number of hydrogen-bond donors (Lipinski definition) is 0. The highest BCUT2D eigenvalue weighted by Gasteiger charge is 2.43. The third-order valence-corrected chi connectivity index (χ3v) is 4.42. The van der Waals surface area contributed by atoms with Crippen molar-refractivity contribution in [1.82, 2.24) is 0 Å². The summed E-state index contributed by atoms with van der Waals surface area (Å²) in [5, 5.41) is 0. The standard InChI is InChI=1S/C18H18O/c1-12-13(2)17(12)14-8-10-16(11-9-14)18(19)15-6-4-3-5-7-15/h3-13,17H,1-2H3/t12-,13-/m1/s1. The Labute approximate surface area is 114 Å². The molecule has 0 spiro atoms. The van der Waals surface area contributed by atoms with Gasteiger partial charge in [-0.25, -0.2) is 0 Å². The van der Waals surface area contributed by atoms with Gasteiger partial charge in [0.05, 0.1) is 0 Å². The molecule has 1 nitrogen and oxygen atoms in total. The second-order valence-corrected chi connectivity index (χ2v) is 5.56. The monoisotopic (exact) mass is 250 g/mol. The molecule has 0 aliphatic heterocycles. The van der Waals surface area contributed by atoms with Gasteiger partial charge in [0.15, 0.2) is 5.78 Å². The molecule has 2 atom stereocenters.